The van der Waals surface area contributed by atoms with Crippen molar-refractivity contribution >= 4 is 46.2 Å². The lowest BCUT2D eigenvalue weighted by Crippen LogP contribution is -2.07. The zero-order chi connectivity index (χ0) is 15.5. The first kappa shape index (κ1) is 14.9. The van der Waals surface area contributed by atoms with Crippen molar-refractivity contribution in [1.29, 1.82) is 5.26 Å². The Morgan fingerprint density at radius 3 is 2.64 bits per heavy atom. The minimum atomic E-state index is 0.111. The fourth-order valence-electron chi connectivity index (χ4n) is 1.89. The summed E-state index contributed by atoms with van der Waals surface area (Å²) in [5.41, 5.74) is 2.81. The van der Waals surface area contributed by atoms with Crippen molar-refractivity contribution in [1.82, 2.24) is 15.3 Å². The first-order valence-corrected chi connectivity index (χ1v) is 7.84. The van der Waals surface area contributed by atoms with Gasteiger partial charge in [0.25, 0.3) is 0 Å². The number of hydrogen-bond donors (Lipinski definition) is 1. The van der Waals surface area contributed by atoms with Crippen LogP contribution in [-0.2, 0) is 0 Å². The van der Waals surface area contributed by atoms with Crippen molar-refractivity contribution in [3.8, 4) is 6.07 Å². The summed E-state index contributed by atoms with van der Waals surface area (Å²) in [6.07, 6.45) is 1.52. The molecule has 1 aliphatic heterocycles. The third-order valence-electron chi connectivity index (χ3n) is 2.92. The number of allylic oxidation sites excluding steroid dienone is 1. The molecule has 0 saturated heterocycles. The van der Waals surface area contributed by atoms with Crippen molar-refractivity contribution in [3.63, 3.8) is 0 Å². The first-order chi connectivity index (χ1) is 10.7. The molecular weight excluding hydrogens is 339 g/mol. The van der Waals surface area contributed by atoms with Gasteiger partial charge in [0.05, 0.1) is 16.4 Å². The van der Waals surface area contributed by atoms with Crippen molar-refractivity contribution in [2.45, 2.75) is 0 Å². The van der Waals surface area contributed by atoms with E-state index in [-0.39, 0.29) is 5.28 Å². The van der Waals surface area contributed by atoms with E-state index in [1.807, 2.05) is 29.7 Å². The average Bonchev–Trinajstić information content (AvgIpc) is 2.98. The minimum Gasteiger partial charge on any atom is -0.348 e. The number of nitrogens with one attached hydrogen (secondary N) is 1. The molecular formula is C15H8Cl2N4S. The number of nitrogens with zero attached hydrogens (tertiary/aromatic N) is 3. The highest BCUT2D eigenvalue weighted by molar-refractivity contribution is 8.06. The molecule has 108 valence electrons. The number of rotatable bonds is 2. The molecule has 0 fully saturated rings. The number of hydrogen-bond acceptors (Lipinski definition) is 5. The molecule has 0 atom stereocenters. The Morgan fingerprint density at radius 1 is 1.18 bits per heavy atom. The smallest absolute Gasteiger partial charge is 0.222 e. The van der Waals surface area contributed by atoms with E-state index in [0.717, 1.165) is 11.3 Å². The molecule has 3 rings (SSSR count). The summed E-state index contributed by atoms with van der Waals surface area (Å²) in [4.78, 5) is 7.90. The van der Waals surface area contributed by atoms with Crippen molar-refractivity contribution in [2.75, 3.05) is 0 Å². The third-order valence-corrected chi connectivity index (χ3v) is 4.25. The molecule has 2 heterocycles. The number of thioether (sulfide) groups is 1. The third kappa shape index (κ3) is 3.09. The van der Waals surface area contributed by atoms with Crippen LogP contribution in [0.4, 0.5) is 0 Å². The van der Waals surface area contributed by atoms with Crippen LogP contribution in [0.1, 0.15) is 11.3 Å². The van der Waals surface area contributed by atoms with E-state index in [9.17, 15) is 5.26 Å². The molecule has 0 amide bonds. The maximum Gasteiger partial charge on any atom is 0.222 e. The van der Waals surface area contributed by atoms with Gasteiger partial charge >= 0.3 is 0 Å². The Bertz CT molecular complexity index is 822. The van der Waals surface area contributed by atoms with Crippen molar-refractivity contribution < 1.29 is 0 Å². The van der Waals surface area contributed by atoms with Crippen LogP contribution in [0.25, 0.3) is 11.3 Å². The number of nitriles is 1. The monoisotopic (exact) mass is 346 g/mol. The Labute approximate surface area is 141 Å². The highest BCUT2D eigenvalue weighted by atomic mass is 35.5. The normalized spacial score (nSPS) is 15.8. The molecule has 1 aromatic carbocycles. The molecule has 0 spiro atoms. The number of halogens is 2. The summed E-state index contributed by atoms with van der Waals surface area (Å²) in [5.74, 6) is 0. The van der Waals surface area contributed by atoms with Gasteiger partial charge in [-0.2, -0.15) is 5.26 Å². The second-order valence-corrected chi connectivity index (χ2v) is 5.96. The summed E-state index contributed by atoms with van der Waals surface area (Å²) < 4.78 is 0. The molecule has 0 aliphatic carbocycles. The van der Waals surface area contributed by atoms with Crippen LogP contribution >= 0.6 is 35.0 Å². The predicted molar refractivity (Wildman–Crippen MR) is 89.7 cm³/mol. The lowest BCUT2D eigenvalue weighted by atomic mass is 10.1. The molecule has 22 heavy (non-hydrogen) atoms. The summed E-state index contributed by atoms with van der Waals surface area (Å²) in [7, 11) is 0. The second kappa shape index (κ2) is 6.41. The SMILES string of the molecule is N#C/C(=C1/NC(c2ccc(Cl)cc2)=CS1)c1ccnc(Cl)n1. The van der Waals surface area contributed by atoms with E-state index in [4.69, 9.17) is 23.2 Å². The van der Waals surface area contributed by atoms with Gasteiger partial charge in [0.2, 0.25) is 5.28 Å². The van der Waals surface area contributed by atoms with Gasteiger partial charge in [-0.15, -0.1) is 0 Å². The Hall–Kier alpha value is -2.00. The molecule has 1 N–H and O–H groups in total. The Morgan fingerprint density at radius 2 is 1.95 bits per heavy atom. The summed E-state index contributed by atoms with van der Waals surface area (Å²) in [6.45, 7) is 0. The van der Waals surface area contributed by atoms with E-state index in [1.54, 1.807) is 6.07 Å². The number of aromatic nitrogens is 2. The molecule has 2 aromatic rings. The van der Waals surface area contributed by atoms with Crippen LogP contribution in [0.3, 0.4) is 0 Å². The highest BCUT2D eigenvalue weighted by Crippen LogP contribution is 2.34. The van der Waals surface area contributed by atoms with Crippen LogP contribution in [-0.4, -0.2) is 9.97 Å². The zero-order valence-corrected chi connectivity index (χ0v) is 13.4. The van der Waals surface area contributed by atoms with Gasteiger partial charge in [-0.3, -0.25) is 0 Å². The van der Waals surface area contributed by atoms with Gasteiger partial charge in [0.15, 0.2) is 0 Å². The molecule has 4 nitrogen and oxygen atoms in total. The van der Waals surface area contributed by atoms with Gasteiger partial charge in [0.1, 0.15) is 11.6 Å². The quantitative estimate of drug-likeness (QED) is 0.648. The van der Waals surface area contributed by atoms with Crippen molar-refractivity contribution in [2.24, 2.45) is 0 Å². The second-order valence-electron chi connectivity index (χ2n) is 4.31. The van der Waals surface area contributed by atoms with E-state index in [2.05, 4.69) is 21.4 Å². The molecule has 7 heteroatoms. The summed E-state index contributed by atoms with van der Waals surface area (Å²) in [5, 5.41) is 16.1. The topological polar surface area (TPSA) is 61.6 Å². The first-order valence-electron chi connectivity index (χ1n) is 6.20. The number of benzene rings is 1. The standard InChI is InChI=1S/C15H8Cl2N4S/c16-10-3-1-9(2-4-10)13-8-22-14(20-13)11(7-18)12-5-6-19-15(17)21-12/h1-6,8,20H/b14-11+. The summed E-state index contributed by atoms with van der Waals surface area (Å²) >= 11 is 13.1. The highest BCUT2D eigenvalue weighted by Gasteiger charge is 2.18. The van der Waals surface area contributed by atoms with Crippen LogP contribution in [0, 0.1) is 11.3 Å². The van der Waals surface area contributed by atoms with E-state index < -0.39 is 0 Å². The Kier molecular flexibility index (Phi) is 4.34. The fraction of sp³-hybridized carbons (Fsp3) is 0. The van der Waals surface area contributed by atoms with Gasteiger partial charge in [0, 0.05) is 16.6 Å². The van der Waals surface area contributed by atoms with Crippen molar-refractivity contribution in [3.05, 3.63) is 68.5 Å². The molecule has 0 radical (unpaired) electrons. The lowest BCUT2D eigenvalue weighted by molar-refractivity contribution is 1.13. The zero-order valence-electron chi connectivity index (χ0n) is 11.0. The molecule has 1 aliphatic rings. The minimum absolute atomic E-state index is 0.111. The molecule has 0 unspecified atom stereocenters. The largest absolute Gasteiger partial charge is 0.348 e. The van der Waals surface area contributed by atoms with Gasteiger partial charge in [-0.05, 0) is 35.4 Å². The van der Waals surface area contributed by atoms with E-state index >= 15 is 0 Å². The van der Waals surface area contributed by atoms with Gasteiger partial charge in [-0.25, -0.2) is 9.97 Å². The van der Waals surface area contributed by atoms with Gasteiger partial charge < -0.3 is 5.32 Å². The lowest BCUT2D eigenvalue weighted by Gasteiger charge is -2.07. The maximum atomic E-state index is 9.42. The summed E-state index contributed by atoms with van der Waals surface area (Å²) in [6, 6.07) is 11.3. The molecule has 0 saturated carbocycles. The van der Waals surface area contributed by atoms with E-state index in [0.29, 0.717) is 21.3 Å². The van der Waals surface area contributed by atoms with Crippen LogP contribution < -0.4 is 5.32 Å². The molecule has 0 bridgehead atoms. The fourth-order valence-corrected chi connectivity index (χ4v) is 3.03. The van der Waals surface area contributed by atoms with Crippen LogP contribution in [0.2, 0.25) is 10.3 Å². The van der Waals surface area contributed by atoms with Crippen LogP contribution in [0.5, 0.6) is 0 Å². The average molecular weight is 347 g/mol. The van der Waals surface area contributed by atoms with Crippen LogP contribution in [0.15, 0.2) is 47.0 Å². The molecule has 1 aromatic heterocycles. The van der Waals surface area contributed by atoms with E-state index in [1.165, 1.54) is 18.0 Å². The maximum absolute atomic E-state index is 9.42. The predicted octanol–water partition coefficient (Wildman–Crippen LogP) is 4.31. The van der Waals surface area contributed by atoms with Gasteiger partial charge in [-0.1, -0.05) is 35.5 Å². The Balaban J connectivity index is 1.91.